The zero-order valence-corrected chi connectivity index (χ0v) is 18.7. The number of carbonyl (C=O) groups excluding carboxylic acids is 1. The number of rotatable bonds is 7. The van der Waals surface area contributed by atoms with Gasteiger partial charge in [0.15, 0.2) is 0 Å². The van der Waals surface area contributed by atoms with Gasteiger partial charge in [0.25, 0.3) is 11.5 Å². The Balaban J connectivity index is 1.77. The van der Waals surface area contributed by atoms with E-state index >= 15 is 0 Å². The van der Waals surface area contributed by atoms with Gasteiger partial charge < -0.3 is 10.2 Å². The van der Waals surface area contributed by atoms with E-state index < -0.39 is 11.5 Å². The number of hydrogen-bond donors (Lipinski definition) is 2. The lowest BCUT2D eigenvalue weighted by atomic mass is 9.95. The standard InChI is InChI=1S/C27H26N4O2/c1-3-31(4-2)22-17-15-21(16-18-22)28-26(32)24-23(19-11-7-5-8-12-19)25(29-30-27(24)33)20-13-9-6-10-14-20/h5-18H,3-4H2,1-2H3,(H,28,32)(H,30,33). The molecule has 0 bridgehead atoms. The van der Waals surface area contributed by atoms with Gasteiger partial charge in [-0.05, 0) is 43.7 Å². The molecule has 0 unspecified atom stereocenters. The minimum atomic E-state index is -0.536. The lowest BCUT2D eigenvalue weighted by Gasteiger charge is -2.21. The molecule has 1 amide bonds. The fourth-order valence-electron chi connectivity index (χ4n) is 3.90. The van der Waals surface area contributed by atoms with E-state index in [9.17, 15) is 9.59 Å². The fraction of sp³-hybridized carbons (Fsp3) is 0.148. The number of amides is 1. The molecule has 0 aliphatic heterocycles. The molecular formula is C27H26N4O2. The van der Waals surface area contributed by atoms with Crippen molar-refractivity contribution in [2.75, 3.05) is 23.3 Å². The Morgan fingerprint density at radius 2 is 1.42 bits per heavy atom. The number of benzene rings is 3. The number of H-pyrrole nitrogens is 1. The summed E-state index contributed by atoms with van der Waals surface area (Å²) in [7, 11) is 0. The van der Waals surface area contributed by atoms with Crippen molar-refractivity contribution in [2.45, 2.75) is 13.8 Å². The van der Waals surface area contributed by atoms with Gasteiger partial charge >= 0.3 is 0 Å². The Hall–Kier alpha value is -4.19. The van der Waals surface area contributed by atoms with E-state index in [1.54, 1.807) is 0 Å². The van der Waals surface area contributed by atoms with Crippen molar-refractivity contribution in [3.63, 3.8) is 0 Å². The van der Waals surface area contributed by atoms with Crippen molar-refractivity contribution < 1.29 is 4.79 Å². The topological polar surface area (TPSA) is 78.1 Å². The molecule has 3 aromatic carbocycles. The Morgan fingerprint density at radius 3 is 2.00 bits per heavy atom. The Morgan fingerprint density at radius 1 is 0.848 bits per heavy atom. The van der Waals surface area contributed by atoms with Gasteiger partial charge in [-0.25, -0.2) is 5.10 Å². The molecule has 0 atom stereocenters. The van der Waals surface area contributed by atoms with Crippen molar-refractivity contribution in [2.24, 2.45) is 0 Å². The Bertz CT molecular complexity index is 1280. The molecule has 0 radical (unpaired) electrons. The molecule has 0 saturated carbocycles. The summed E-state index contributed by atoms with van der Waals surface area (Å²) in [4.78, 5) is 28.5. The molecule has 4 rings (SSSR count). The van der Waals surface area contributed by atoms with Crippen LogP contribution in [0.2, 0.25) is 0 Å². The predicted molar refractivity (Wildman–Crippen MR) is 134 cm³/mol. The van der Waals surface area contributed by atoms with Crippen LogP contribution >= 0.6 is 0 Å². The van der Waals surface area contributed by atoms with Gasteiger partial charge in [-0.15, -0.1) is 0 Å². The molecule has 6 heteroatoms. The first kappa shape index (κ1) is 22.0. The molecule has 166 valence electrons. The predicted octanol–water partition coefficient (Wildman–Crippen LogP) is 5.20. The monoisotopic (exact) mass is 438 g/mol. The summed E-state index contributed by atoms with van der Waals surface area (Å²) < 4.78 is 0. The molecule has 1 aromatic heterocycles. The molecule has 6 nitrogen and oxygen atoms in total. The highest BCUT2D eigenvalue weighted by atomic mass is 16.2. The second-order valence-corrected chi connectivity index (χ2v) is 7.56. The van der Waals surface area contributed by atoms with Crippen LogP contribution in [0.5, 0.6) is 0 Å². The second-order valence-electron chi connectivity index (χ2n) is 7.56. The third-order valence-corrected chi connectivity index (χ3v) is 5.57. The average Bonchev–Trinajstić information content (AvgIpc) is 2.86. The molecular weight excluding hydrogens is 412 g/mol. The van der Waals surface area contributed by atoms with Crippen molar-refractivity contribution in [3.8, 4) is 22.4 Å². The van der Waals surface area contributed by atoms with Crippen LogP contribution in [0.4, 0.5) is 11.4 Å². The number of nitrogens with zero attached hydrogens (tertiary/aromatic N) is 2. The van der Waals surface area contributed by atoms with Crippen LogP contribution in [0, 0.1) is 0 Å². The fourth-order valence-corrected chi connectivity index (χ4v) is 3.90. The van der Waals surface area contributed by atoms with Crippen LogP contribution in [0.1, 0.15) is 24.2 Å². The zero-order valence-electron chi connectivity index (χ0n) is 18.7. The van der Waals surface area contributed by atoms with Gasteiger partial charge in [-0.2, -0.15) is 5.10 Å². The lowest BCUT2D eigenvalue weighted by Crippen LogP contribution is -2.26. The second kappa shape index (κ2) is 9.96. The first-order valence-corrected chi connectivity index (χ1v) is 11.0. The lowest BCUT2D eigenvalue weighted by molar-refractivity contribution is 0.102. The maximum atomic E-state index is 13.4. The maximum Gasteiger partial charge on any atom is 0.277 e. The minimum absolute atomic E-state index is 0.0304. The van der Waals surface area contributed by atoms with Gasteiger partial charge in [-0.3, -0.25) is 9.59 Å². The first-order valence-electron chi connectivity index (χ1n) is 11.0. The van der Waals surface area contributed by atoms with E-state index in [2.05, 4.69) is 34.3 Å². The highest BCUT2D eigenvalue weighted by molar-refractivity contribution is 6.10. The van der Waals surface area contributed by atoms with Gasteiger partial charge in [0.05, 0.1) is 5.69 Å². The van der Waals surface area contributed by atoms with Crippen LogP contribution in [0.3, 0.4) is 0 Å². The normalized spacial score (nSPS) is 10.6. The van der Waals surface area contributed by atoms with E-state index in [1.165, 1.54) is 0 Å². The van der Waals surface area contributed by atoms with Gasteiger partial charge in [0.1, 0.15) is 5.56 Å². The molecule has 1 heterocycles. The van der Waals surface area contributed by atoms with Crippen molar-refractivity contribution >= 4 is 17.3 Å². The van der Waals surface area contributed by atoms with Gasteiger partial charge in [0.2, 0.25) is 0 Å². The zero-order chi connectivity index (χ0) is 23.2. The highest BCUT2D eigenvalue weighted by Gasteiger charge is 2.23. The molecule has 0 saturated heterocycles. The van der Waals surface area contributed by atoms with E-state index in [4.69, 9.17) is 0 Å². The van der Waals surface area contributed by atoms with Crippen LogP contribution in [-0.4, -0.2) is 29.2 Å². The molecule has 0 aliphatic carbocycles. The molecule has 4 aromatic rings. The van der Waals surface area contributed by atoms with E-state index in [0.29, 0.717) is 16.9 Å². The molecule has 0 spiro atoms. The number of aromatic nitrogens is 2. The summed E-state index contributed by atoms with van der Waals surface area (Å²) >= 11 is 0. The maximum absolute atomic E-state index is 13.4. The smallest absolute Gasteiger partial charge is 0.277 e. The molecule has 33 heavy (non-hydrogen) atoms. The summed E-state index contributed by atoms with van der Waals surface area (Å²) in [5.74, 6) is -0.481. The summed E-state index contributed by atoms with van der Waals surface area (Å²) in [6.45, 7) is 6.00. The van der Waals surface area contributed by atoms with Crippen LogP contribution in [-0.2, 0) is 0 Å². The first-order chi connectivity index (χ1) is 16.1. The largest absolute Gasteiger partial charge is 0.372 e. The number of anilines is 2. The molecule has 0 fully saturated rings. The van der Waals surface area contributed by atoms with Gasteiger partial charge in [0, 0.05) is 35.6 Å². The van der Waals surface area contributed by atoms with Crippen molar-refractivity contribution in [1.29, 1.82) is 0 Å². The Kier molecular flexibility index (Phi) is 6.64. The number of hydrogen-bond acceptors (Lipinski definition) is 4. The van der Waals surface area contributed by atoms with Crippen LogP contribution < -0.4 is 15.8 Å². The summed E-state index contributed by atoms with van der Waals surface area (Å²) in [6.07, 6.45) is 0. The summed E-state index contributed by atoms with van der Waals surface area (Å²) in [6, 6.07) is 26.5. The third kappa shape index (κ3) is 4.70. The van der Waals surface area contributed by atoms with Crippen molar-refractivity contribution in [1.82, 2.24) is 10.2 Å². The van der Waals surface area contributed by atoms with Crippen molar-refractivity contribution in [3.05, 3.63) is 101 Å². The van der Waals surface area contributed by atoms with Gasteiger partial charge in [-0.1, -0.05) is 60.7 Å². The summed E-state index contributed by atoms with van der Waals surface area (Å²) in [5.41, 5.74) is 3.80. The van der Waals surface area contributed by atoms with E-state index in [1.807, 2.05) is 84.9 Å². The SMILES string of the molecule is CCN(CC)c1ccc(NC(=O)c2c(-c3ccccc3)c(-c3ccccc3)n[nH]c2=O)cc1. The van der Waals surface area contributed by atoms with Crippen LogP contribution in [0.15, 0.2) is 89.7 Å². The molecule has 0 aliphatic rings. The quantitative estimate of drug-likeness (QED) is 0.416. The summed E-state index contributed by atoms with van der Waals surface area (Å²) in [5, 5.41) is 9.70. The highest BCUT2D eigenvalue weighted by Crippen LogP contribution is 2.32. The minimum Gasteiger partial charge on any atom is -0.372 e. The van der Waals surface area contributed by atoms with Crippen LogP contribution in [0.25, 0.3) is 22.4 Å². The average molecular weight is 439 g/mol. The van der Waals surface area contributed by atoms with E-state index in [0.717, 1.165) is 29.9 Å². The Labute approximate surface area is 192 Å². The number of nitrogens with one attached hydrogen (secondary N) is 2. The number of carbonyl (C=O) groups is 1. The molecule has 2 N–H and O–H groups in total. The third-order valence-electron chi connectivity index (χ3n) is 5.57. The van der Waals surface area contributed by atoms with E-state index in [-0.39, 0.29) is 5.56 Å². The number of aromatic amines is 1.